The maximum atomic E-state index is 11.9. The summed E-state index contributed by atoms with van der Waals surface area (Å²) in [7, 11) is 0. The Morgan fingerprint density at radius 3 is 2.75 bits per heavy atom. The molecule has 0 aromatic heterocycles. The first kappa shape index (κ1) is 13.4. The lowest BCUT2D eigenvalue weighted by atomic mass is 10.1. The molecule has 1 amide bonds. The Balaban J connectivity index is 2.63. The molecule has 0 spiro atoms. The molecule has 0 radical (unpaired) electrons. The van der Waals surface area contributed by atoms with Gasteiger partial charge in [0.05, 0.1) is 0 Å². The fraction of sp³-hybridized carbons (Fsp3) is 0.818. The van der Waals surface area contributed by atoms with E-state index in [-0.39, 0.29) is 5.91 Å². The number of amides is 1. The Morgan fingerprint density at radius 1 is 1.38 bits per heavy atom. The molecule has 0 saturated carbocycles. The number of hydrogen-bond donors (Lipinski definition) is 1. The van der Waals surface area contributed by atoms with Gasteiger partial charge in [-0.1, -0.05) is 12.8 Å². The number of carboxylic acid groups (broad SMARTS) is 1. The van der Waals surface area contributed by atoms with Crippen molar-refractivity contribution >= 4 is 23.6 Å². The van der Waals surface area contributed by atoms with Crippen LogP contribution in [-0.2, 0) is 9.59 Å². The number of thioether (sulfide) groups is 1. The zero-order valence-electron chi connectivity index (χ0n) is 9.65. The Morgan fingerprint density at radius 2 is 2.12 bits per heavy atom. The summed E-state index contributed by atoms with van der Waals surface area (Å²) in [6, 6.07) is -0.600. The fourth-order valence-electron chi connectivity index (χ4n) is 2.00. The minimum absolute atomic E-state index is 0.0105. The van der Waals surface area contributed by atoms with Crippen LogP contribution in [0.15, 0.2) is 0 Å². The monoisotopic (exact) mass is 245 g/mol. The van der Waals surface area contributed by atoms with Crippen LogP contribution >= 0.6 is 11.8 Å². The van der Waals surface area contributed by atoms with Crippen LogP contribution < -0.4 is 0 Å². The molecule has 1 fully saturated rings. The molecule has 1 N–H and O–H groups in total. The normalized spacial score (nSPS) is 21.6. The largest absolute Gasteiger partial charge is 0.480 e. The van der Waals surface area contributed by atoms with Gasteiger partial charge in [-0.15, -0.1) is 0 Å². The third-order valence-corrected chi connectivity index (χ3v) is 3.49. The summed E-state index contributed by atoms with van der Waals surface area (Å²) in [5, 5.41) is 9.11. The predicted octanol–water partition coefficient (Wildman–Crippen LogP) is 1.60. The number of aliphatic carboxylic acids is 1. The van der Waals surface area contributed by atoms with E-state index in [1.807, 2.05) is 6.26 Å². The fourth-order valence-corrected chi connectivity index (χ4v) is 2.38. The highest BCUT2D eigenvalue weighted by molar-refractivity contribution is 7.98. The summed E-state index contributed by atoms with van der Waals surface area (Å²) in [5.74, 6) is -0.107. The highest BCUT2D eigenvalue weighted by Crippen LogP contribution is 2.18. The molecule has 0 aromatic carbocycles. The van der Waals surface area contributed by atoms with E-state index in [0.717, 1.165) is 25.0 Å². The molecular formula is C11H19NO3S. The summed E-state index contributed by atoms with van der Waals surface area (Å²) < 4.78 is 0. The Kier molecular flexibility index (Phi) is 5.66. The standard InChI is InChI=1S/C11H19NO3S/c1-16-8-6-10(13)12-7-4-2-3-5-9(12)11(14)15/h9H,2-8H2,1H3,(H,14,15). The zero-order chi connectivity index (χ0) is 12.0. The number of rotatable bonds is 4. The van der Waals surface area contributed by atoms with E-state index in [1.54, 1.807) is 16.7 Å². The number of carbonyl (C=O) groups excluding carboxylic acids is 1. The minimum Gasteiger partial charge on any atom is -0.480 e. The van der Waals surface area contributed by atoms with Crippen molar-refractivity contribution in [1.29, 1.82) is 0 Å². The summed E-state index contributed by atoms with van der Waals surface area (Å²) in [6.07, 6.45) is 5.85. The Labute approximate surface area is 100 Å². The molecule has 1 atom stereocenters. The molecule has 92 valence electrons. The van der Waals surface area contributed by atoms with Crippen LogP contribution in [0.4, 0.5) is 0 Å². The third kappa shape index (κ3) is 3.70. The van der Waals surface area contributed by atoms with Crippen LogP contribution in [0, 0.1) is 0 Å². The molecule has 0 aromatic rings. The first-order chi connectivity index (χ1) is 7.66. The van der Waals surface area contributed by atoms with Crippen LogP contribution in [0.3, 0.4) is 0 Å². The van der Waals surface area contributed by atoms with Crippen LogP contribution in [0.5, 0.6) is 0 Å². The van der Waals surface area contributed by atoms with Crippen molar-refractivity contribution in [3.05, 3.63) is 0 Å². The predicted molar refractivity (Wildman–Crippen MR) is 64.6 cm³/mol. The minimum atomic E-state index is -0.862. The zero-order valence-corrected chi connectivity index (χ0v) is 10.5. The molecule has 5 heteroatoms. The maximum absolute atomic E-state index is 11.9. The van der Waals surface area contributed by atoms with Crippen molar-refractivity contribution in [2.24, 2.45) is 0 Å². The summed E-state index contributed by atoms with van der Waals surface area (Å²) in [6.45, 7) is 0.601. The number of nitrogens with zero attached hydrogens (tertiary/aromatic N) is 1. The van der Waals surface area contributed by atoms with Gasteiger partial charge in [0.15, 0.2) is 0 Å². The van der Waals surface area contributed by atoms with Crippen LogP contribution in [0.25, 0.3) is 0 Å². The van der Waals surface area contributed by atoms with E-state index in [9.17, 15) is 9.59 Å². The topological polar surface area (TPSA) is 57.6 Å². The number of carbonyl (C=O) groups is 2. The first-order valence-electron chi connectivity index (χ1n) is 5.68. The highest BCUT2D eigenvalue weighted by Gasteiger charge is 2.29. The number of carboxylic acids is 1. The van der Waals surface area contributed by atoms with Crippen LogP contribution in [0.1, 0.15) is 32.1 Å². The van der Waals surface area contributed by atoms with E-state index in [0.29, 0.717) is 19.4 Å². The molecule has 1 aliphatic heterocycles. The van der Waals surface area contributed by atoms with Gasteiger partial charge in [-0.3, -0.25) is 4.79 Å². The van der Waals surface area contributed by atoms with E-state index in [4.69, 9.17) is 5.11 Å². The lowest BCUT2D eigenvalue weighted by Gasteiger charge is -2.26. The van der Waals surface area contributed by atoms with E-state index >= 15 is 0 Å². The quantitative estimate of drug-likeness (QED) is 0.817. The average Bonchev–Trinajstić information content (AvgIpc) is 2.50. The molecule has 1 unspecified atom stereocenters. The number of hydrogen-bond acceptors (Lipinski definition) is 3. The van der Waals surface area contributed by atoms with E-state index in [2.05, 4.69) is 0 Å². The molecule has 1 saturated heterocycles. The lowest BCUT2D eigenvalue weighted by Crippen LogP contribution is -2.44. The van der Waals surface area contributed by atoms with Crippen molar-refractivity contribution in [1.82, 2.24) is 4.90 Å². The van der Waals surface area contributed by atoms with E-state index in [1.165, 1.54) is 0 Å². The summed E-state index contributed by atoms with van der Waals surface area (Å²) in [4.78, 5) is 24.5. The third-order valence-electron chi connectivity index (χ3n) is 2.88. The van der Waals surface area contributed by atoms with Crippen LogP contribution in [-0.4, -0.2) is 46.5 Å². The number of likely N-dealkylation sites (tertiary alicyclic amines) is 1. The molecule has 1 aliphatic rings. The smallest absolute Gasteiger partial charge is 0.326 e. The van der Waals surface area contributed by atoms with Gasteiger partial charge in [0, 0.05) is 18.7 Å². The second-order valence-corrected chi connectivity index (χ2v) is 5.02. The van der Waals surface area contributed by atoms with Gasteiger partial charge in [-0.2, -0.15) is 11.8 Å². The Bertz CT molecular complexity index is 258. The summed E-state index contributed by atoms with van der Waals surface area (Å²) >= 11 is 1.61. The van der Waals surface area contributed by atoms with Gasteiger partial charge in [-0.05, 0) is 19.1 Å². The molecule has 1 rings (SSSR count). The van der Waals surface area contributed by atoms with Crippen molar-refractivity contribution in [3.8, 4) is 0 Å². The van der Waals surface area contributed by atoms with E-state index < -0.39 is 12.0 Å². The second kappa shape index (κ2) is 6.78. The molecule has 1 heterocycles. The average molecular weight is 245 g/mol. The molecule has 16 heavy (non-hydrogen) atoms. The van der Waals surface area contributed by atoms with Crippen molar-refractivity contribution in [2.75, 3.05) is 18.6 Å². The van der Waals surface area contributed by atoms with Gasteiger partial charge < -0.3 is 10.0 Å². The second-order valence-electron chi connectivity index (χ2n) is 4.03. The lowest BCUT2D eigenvalue weighted by molar-refractivity contribution is -0.150. The van der Waals surface area contributed by atoms with Gasteiger partial charge in [0.1, 0.15) is 6.04 Å². The Hall–Kier alpha value is -0.710. The summed E-state index contributed by atoms with van der Waals surface area (Å²) in [5.41, 5.74) is 0. The molecular weight excluding hydrogens is 226 g/mol. The van der Waals surface area contributed by atoms with Crippen molar-refractivity contribution in [3.63, 3.8) is 0 Å². The van der Waals surface area contributed by atoms with Gasteiger partial charge in [0.2, 0.25) is 5.91 Å². The highest BCUT2D eigenvalue weighted by atomic mass is 32.2. The van der Waals surface area contributed by atoms with Crippen molar-refractivity contribution in [2.45, 2.75) is 38.1 Å². The first-order valence-corrected chi connectivity index (χ1v) is 7.07. The molecule has 0 bridgehead atoms. The van der Waals surface area contributed by atoms with Gasteiger partial charge in [0.25, 0.3) is 0 Å². The molecule has 0 aliphatic carbocycles. The van der Waals surface area contributed by atoms with Gasteiger partial charge in [-0.25, -0.2) is 4.79 Å². The van der Waals surface area contributed by atoms with Crippen LogP contribution in [0.2, 0.25) is 0 Å². The SMILES string of the molecule is CSCCC(=O)N1CCCCCC1C(=O)O. The maximum Gasteiger partial charge on any atom is 0.326 e. The molecule has 4 nitrogen and oxygen atoms in total. The van der Waals surface area contributed by atoms with Gasteiger partial charge >= 0.3 is 5.97 Å². The van der Waals surface area contributed by atoms with Crippen molar-refractivity contribution < 1.29 is 14.7 Å².